The monoisotopic (exact) mass is 277 g/mol. The normalized spacial score (nSPS) is 13.1. The Morgan fingerprint density at radius 1 is 0.950 bits per heavy atom. The minimum Gasteiger partial charge on any atom is -0.486 e. The smallest absolute Gasteiger partial charge is 0.163 e. The van der Waals surface area contributed by atoms with E-state index in [0.29, 0.717) is 24.7 Å². The van der Waals surface area contributed by atoms with E-state index in [1.807, 2.05) is 6.07 Å². The first-order chi connectivity index (χ1) is 9.72. The Hall–Kier alpha value is -2.30. The van der Waals surface area contributed by atoms with Crippen LogP contribution in [0.3, 0.4) is 0 Å². The number of ether oxygens (including phenoxy) is 2. The fourth-order valence-corrected chi connectivity index (χ4v) is 2.03. The molecule has 0 saturated heterocycles. The number of hydrogen-bond donors (Lipinski definition) is 1. The summed E-state index contributed by atoms with van der Waals surface area (Å²) >= 11 is 0. The average molecular weight is 277 g/mol. The number of hydrogen-bond acceptors (Lipinski definition) is 3. The summed E-state index contributed by atoms with van der Waals surface area (Å²) in [5.41, 5.74) is 1.04. The van der Waals surface area contributed by atoms with Crippen LogP contribution in [-0.2, 0) is 6.54 Å². The van der Waals surface area contributed by atoms with E-state index in [9.17, 15) is 8.78 Å². The first-order valence-corrected chi connectivity index (χ1v) is 6.30. The lowest BCUT2D eigenvalue weighted by molar-refractivity contribution is 0.171. The van der Waals surface area contributed by atoms with Gasteiger partial charge in [0.2, 0.25) is 0 Å². The van der Waals surface area contributed by atoms with Gasteiger partial charge in [-0.25, -0.2) is 8.78 Å². The number of benzene rings is 2. The van der Waals surface area contributed by atoms with E-state index in [1.54, 1.807) is 12.1 Å². The molecule has 1 heterocycles. The zero-order chi connectivity index (χ0) is 13.9. The molecule has 0 amide bonds. The Morgan fingerprint density at radius 2 is 1.75 bits per heavy atom. The van der Waals surface area contributed by atoms with Crippen molar-refractivity contribution in [3.8, 4) is 11.5 Å². The Bertz CT molecular complexity index is 631. The van der Waals surface area contributed by atoms with Crippen molar-refractivity contribution >= 4 is 5.69 Å². The highest BCUT2D eigenvalue weighted by atomic mass is 19.1. The van der Waals surface area contributed by atoms with E-state index in [-0.39, 0.29) is 12.1 Å². The summed E-state index contributed by atoms with van der Waals surface area (Å²) in [6.07, 6.45) is 0. The molecule has 0 unspecified atom stereocenters. The van der Waals surface area contributed by atoms with Crippen LogP contribution in [-0.4, -0.2) is 13.2 Å². The van der Waals surface area contributed by atoms with E-state index in [1.165, 1.54) is 6.07 Å². The van der Waals surface area contributed by atoms with Gasteiger partial charge >= 0.3 is 0 Å². The van der Waals surface area contributed by atoms with Crippen LogP contribution in [0.4, 0.5) is 14.5 Å². The molecule has 2 aromatic rings. The molecule has 0 saturated carbocycles. The highest BCUT2D eigenvalue weighted by Gasteiger charge is 2.12. The molecule has 20 heavy (non-hydrogen) atoms. The van der Waals surface area contributed by atoms with Gasteiger partial charge in [0.1, 0.15) is 24.8 Å². The largest absolute Gasteiger partial charge is 0.486 e. The molecule has 1 N–H and O–H groups in total. The third kappa shape index (κ3) is 2.66. The molecule has 104 valence electrons. The molecule has 5 heteroatoms. The van der Waals surface area contributed by atoms with Crippen LogP contribution in [0.25, 0.3) is 0 Å². The van der Waals surface area contributed by atoms with Gasteiger partial charge in [-0.05, 0) is 30.3 Å². The van der Waals surface area contributed by atoms with Crippen LogP contribution in [0, 0.1) is 11.6 Å². The maximum Gasteiger partial charge on any atom is 0.163 e. The predicted molar refractivity (Wildman–Crippen MR) is 71.1 cm³/mol. The Kier molecular flexibility index (Phi) is 3.41. The van der Waals surface area contributed by atoms with Crippen molar-refractivity contribution in [1.82, 2.24) is 0 Å². The highest BCUT2D eigenvalue weighted by molar-refractivity contribution is 5.55. The molecular formula is C15H13F2NO2. The maximum atomic E-state index is 13.5. The standard InChI is InChI=1S/C15H13F2NO2/c16-11-1-3-13(17)10(7-11)9-18-12-2-4-14-15(8-12)20-6-5-19-14/h1-4,7-8,18H,5-6,9H2. The van der Waals surface area contributed by atoms with Crippen LogP contribution >= 0.6 is 0 Å². The van der Waals surface area contributed by atoms with Gasteiger partial charge in [-0.3, -0.25) is 0 Å². The predicted octanol–water partition coefficient (Wildman–Crippen LogP) is 3.35. The molecule has 3 rings (SSSR count). The van der Waals surface area contributed by atoms with Gasteiger partial charge in [0.25, 0.3) is 0 Å². The van der Waals surface area contributed by atoms with Crippen molar-refractivity contribution in [2.45, 2.75) is 6.54 Å². The number of rotatable bonds is 3. The van der Waals surface area contributed by atoms with Gasteiger partial charge in [0, 0.05) is 23.9 Å². The molecule has 0 bridgehead atoms. The van der Waals surface area contributed by atoms with E-state index >= 15 is 0 Å². The summed E-state index contributed by atoms with van der Waals surface area (Å²) < 4.78 is 37.4. The topological polar surface area (TPSA) is 30.5 Å². The van der Waals surface area contributed by atoms with Gasteiger partial charge < -0.3 is 14.8 Å². The molecule has 0 aromatic heterocycles. The fraction of sp³-hybridized carbons (Fsp3) is 0.200. The van der Waals surface area contributed by atoms with Gasteiger partial charge in [-0.1, -0.05) is 0 Å². The Morgan fingerprint density at radius 3 is 2.60 bits per heavy atom. The Balaban J connectivity index is 1.73. The second kappa shape index (κ2) is 5.36. The SMILES string of the molecule is Fc1ccc(F)c(CNc2ccc3c(c2)OCCO3)c1. The molecule has 0 atom stereocenters. The van der Waals surface area contributed by atoms with E-state index in [4.69, 9.17) is 9.47 Å². The first kappa shape index (κ1) is 12.7. The number of halogens is 2. The molecule has 3 nitrogen and oxygen atoms in total. The lowest BCUT2D eigenvalue weighted by Crippen LogP contribution is -2.15. The van der Waals surface area contributed by atoms with E-state index in [2.05, 4.69) is 5.32 Å². The van der Waals surface area contributed by atoms with Crippen molar-refractivity contribution in [1.29, 1.82) is 0 Å². The molecule has 0 spiro atoms. The van der Waals surface area contributed by atoms with Crippen LogP contribution in [0.15, 0.2) is 36.4 Å². The minimum atomic E-state index is -0.453. The number of fused-ring (bicyclic) bond motifs is 1. The molecule has 0 radical (unpaired) electrons. The van der Waals surface area contributed by atoms with Gasteiger partial charge in [0.05, 0.1) is 0 Å². The summed E-state index contributed by atoms with van der Waals surface area (Å²) in [7, 11) is 0. The van der Waals surface area contributed by atoms with E-state index < -0.39 is 11.6 Å². The van der Waals surface area contributed by atoms with Crippen LogP contribution < -0.4 is 14.8 Å². The van der Waals surface area contributed by atoms with Crippen molar-refractivity contribution in [2.24, 2.45) is 0 Å². The summed E-state index contributed by atoms with van der Waals surface area (Å²) in [5, 5.41) is 3.04. The summed E-state index contributed by atoms with van der Waals surface area (Å²) in [6, 6.07) is 8.79. The Labute approximate surface area is 115 Å². The van der Waals surface area contributed by atoms with Gasteiger partial charge in [-0.2, -0.15) is 0 Å². The zero-order valence-corrected chi connectivity index (χ0v) is 10.7. The lowest BCUT2D eigenvalue weighted by Gasteiger charge is -2.19. The number of anilines is 1. The molecular weight excluding hydrogens is 264 g/mol. The third-order valence-electron chi connectivity index (χ3n) is 3.03. The van der Waals surface area contributed by atoms with E-state index in [0.717, 1.165) is 17.8 Å². The maximum absolute atomic E-state index is 13.5. The number of nitrogens with one attached hydrogen (secondary N) is 1. The van der Waals surface area contributed by atoms with Gasteiger partial charge in [0.15, 0.2) is 11.5 Å². The average Bonchev–Trinajstić information content (AvgIpc) is 2.48. The van der Waals surface area contributed by atoms with Gasteiger partial charge in [-0.15, -0.1) is 0 Å². The van der Waals surface area contributed by atoms with Crippen molar-refractivity contribution < 1.29 is 18.3 Å². The first-order valence-electron chi connectivity index (χ1n) is 6.30. The molecule has 0 fully saturated rings. The van der Waals surface area contributed by atoms with Crippen LogP contribution in [0.1, 0.15) is 5.56 Å². The van der Waals surface area contributed by atoms with Crippen molar-refractivity contribution in [3.05, 3.63) is 53.6 Å². The summed E-state index contributed by atoms with van der Waals surface area (Å²) in [5.74, 6) is 0.460. The highest BCUT2D eigenvalue weighted by Crippen LogP contribution is 2.32. The second-order valence-electron chi connectivity index (χ2n) is 4.45. The molecule has 0 aliphatic carbocycles. The fourth-order valence-electron chi connectivity index (χ4n) is 2.03. The summed E-state index contributed by atoms with van der Waals surface area (Å²) in [4.78, 5) is 0. The van der Waals surface area contributed by atoms with Crippen molar-refractivity contribution in [3.63, 3.8) is 0 Å². The van der Waals surface area contributed by atoms with Crippen LogP contribution in [0.2, 0.25) is 0 Å². The molecule has 1 aliphatic rings. The molecule has 2 aromatic carbocycles. The second-order valence-corrected chi connectivity index (χ2v) is 4.45. The quantitative estimate of drug-likeness (QED) is 0.933. The summed E-state index contributed by atoms with van der Waals surface area (Å²) in [6.45, 7) is 1.24. The lowest BCUT2D eigenvalue weighted by atomic mass is 10.2. The third-order valence-corrected chi connectivity index (χ3v) is 3.03. The molecule has 1 aliphatic heterocycles. The van der Waals surface area contributed by atoms with Crippen molar-refractivity contribution in [2.75, 3.05) is 18.5 Å². The van der Waals surface area contributed by atoms with Crippen LogP contribution in [0.5, 0.6) is 11.5 Å². The zero-order valence-electron chi connectivity index (χ0n) is 10.7. The minimum absolute atomic E-state index is 0.198.